The lowest BCUT2D eigenvalue weighted by molar-refractivity contribution is -0.350. The number of hydrogen-bond donors (Lipinski definition) is 0. The summed E-state index contributed by atoms with van der Waals surface area (Å²) in [5, 5.41) is 9.89. The molecule has 0 bridgehead atoms. The number of hydrogen-bond acceptors (Lipinski definition) is 3. The molecule has 1 rings (SSSR count). The van der Waals surface area contributed by atoms with Crippen LogP contribution in [0.2, 0.25) is 0 Å². The number of carboxylic acid groups (broad SMARTS) is 1. The van der Waals surface area contributed by atoms with Gasteiger partial charge in [0.25, 0.3) is 0 Å². The Morgan fingerprint density at radius 1 is 1.47 bits per heavy atom. The lowest BCUT2D eigenvalue weighted by Gasteiger charge is -2.18. The van der Waals surface area contributed by atoms with Gasteiger partial charge in [-0.3, -0.25) is 0 Å². The van der Waals surface area contributed by atoms with Crippen molar-refractivity contribution < 1.29 is 27.8 Å². The summed E-state index contributed by atoms with van der Waals surface area (Å²) in [4.78, 5) is 9.89. The van der Waals surface area contributed by atoms with Gasteiger partial charge in [0, 0.05) is 6.07 Å². The quantitative estimate of drug-likeness (QED) is 0.840. The lowest BCUT2D eigenvalue weighted by Crippen LogP contribution is -2.45. The second-order valence-electron chi connectivity index (χ2n) is 2.48. The van der Waals surface area contributed by atoms with Crippen LogP contribution < -0.4 is 9.84 Å². The fraction of sp³-hybridized carbons (Fsp3) is 0.125. The number of halogens is 4. The van der Waals surface area contributed by atoms with E-state index in [1.165, 1.54) is 0 Å². The van der Waals surface area contributed by atoms with Crippen LogP contribution in [0.5, 0.6) is 5.75 Å². The summed E-state index contributed by atoms with van der Waals surface area (Å²) in [6.07, 6.45) is -4.49. The summed E-state index contributed by atoms with van der Waals surface area (Å²) in [6.45, 7) is 0. The van der Waals surface area contributed by atoms with Gasteiger partial charge in [-0.1, -0.05) is 0 Å². The molecule has 0 saturated heterocycles. The molecular weight excluding hydrogens is 281 g/mol. The van der Waals surface area contributed by atoms with Crippen LogP contribution in [-0.4, -0.2) is 12.1 Å². The highest BCUT2D eigenvalue weighted by Crippen LogP contribution is 2.25. The van der Waals surface area contributed by atoms with Gasteiger partial charge >= 0.3 is 6.11 Å². The standard InChI is InChI=1S/C8H4BrF3O3/c9-5-2-1-4(3-6(5)10)15-8(11,12)7(13)14/h1-3H,(H,13,14)/p-1. The Hall–Kier alpha value is -1.24. The van der Waals surface area contributed by atoms with E-state index < -0.39 is 23.6 Å². The molecule has 0 saturated carbocycles. The van der Waals surface area contributed by atoms with Crippen LogP contribution in [0.25, 0.3) is 0 Å². The van der Waals surface area contributed by atoms with E-state index in [1.54, 1.807) is 0 Å². The Balaban J connectivity index is 2.91. The van der Waals surface area contributed by atoms with Gasteiger partial charge in [0.05, 0.1) is 4.47 Å². The number of alkyl halides is 2. The first-order valence-corrected chi connectivity index (χ1v) is 4.35. The third kappa shape index (κ3) is 2.85. The second-order valence-corrected chi connectivity index (χ2v) is 3.34. The minimum Gasteiger partial charge on any atom is -0.541 e. The maximum atomic E-state index is 12.8. The molecule has 15 heavy (non-hydrogen) atoms. The van der Waals surface area contributed by atoms with E-state index in [9.17, 15) is 23.1 Å². The molecule has 0 aliphatic rings. The highest BCUT2D eigenvalue weighted by Gasteiger charge is 2.34. The van der Waals surface area contributed by atoms with Crippen molar-refractivity contribution in [3.05, 3.63) is 28.5 Å². The third-order valence-electron chi connectivity index (χ3n) is 1.37. The number of ether oxygens (including phenoxy) is 1. The van der Waals surface area contributed by atoms with Crippen LogP contribution >= 0.6 is 15.9 Å². The van der Waals surface area contributed by atoms with Crippen molar-refractivity contribution >= 4 is 21.9 Å². The molecule has 0 spiro atoms. The molecule has 1 aromatic rings. The van der Waals surface area contributed by atoms with Crippen LogP contribution in [0.1, 0.15) is 0 Å². The molecule has 0 heterocycles. The first-order chi connectivity index (χ1) is 6.83. The smallest absolute Gasteiger partial charge is 0.441 e. The van der Waals surface area contributed by atoms with Gasteiger partial charge in [0.1, 0.15) is 11.6 Å². The van der Waals surface area contributed by atoms with Gasteiger partial charge in [-0.05, 0) is 28.1 Å². The topological polar surface area (TPSA) is 49.4 Å². The summed E-state index contributed by atoms with van der Waals surface area (Å²) in [5.74, 6) is -4.14. The van der Waals surface area contributed by atoms with E-state index in [-0.39, 0.29) is 4.47 Å². The van der Waals surface area contributed by atoms with Gasteiger partial charge in [0.15, 0.2) is 5.97 Å². The molecule has 7 heteroatoms. The van der Waals surface area contributed by atoms with E-state index in [0.29, 0.717) is 6.07 Å². The molecule has 0 fully saturated rings. The van der Waals surface area contributed by atoms with Crippen LogP contribution in [0.15, 0.2) is 22.7 Å². The van der Waals surface area contributed by atoms with E-state index in [2.05, 4.69) is 20.7 Å². The number of benzene rings is 1. The Morgan fingerprint density at radius 2 is 2.07 bits per heavy atom. The zero-order chi connectivity index (χ0) is 11.6. The largest absolute Gasteiger partial charge is 0.541 e. The predicted molar refractivity (Wildman–Crippen MR) is 44.7 cm³/mol. The molecular formula is C8H3BrF3O3-. The van der Waals surface area contributed by atoms with Gasteiger partial charge in [-0.2, -0.15) is 8.78 Å². The molecule has 1 aromatic carbocycles. The van der Waals surface area contributed by atoms with E-state index in [1.807, 2.05) is 0 Å². The maximum Gasteiger partial charge on any atom is 0.441 e. The third-order valence-corrected chi connectivity index (χ3v) is 2.02. The zero-order valence-electron chi connectivity index (χ0n) is 6.97. The highest BCUT2D eigenvalue weighted by atomic mass is 79.9. The summed E-state index contributed by atoms with van der Waals surface area (Å²) < 4.78 is 41.5. The van der Waals surface area contributed by atoms with Crippen molar-refractivity contribution in [2.75, 3.05) is 0 Å². The Morgan fingerprint density at radius 3 is 2.53 bits per heavy atom. The average molecular weight is 284 g/mol. The number of rotatable bonds is 3. The van der Waals surface area contributed by atoms with Crippen molar-refractivity contribution in [1.29, 1.82) is 0 Å². The molecule has 0 aliphatic carbocycles. The van der Waals surface area contributed by atoms with Crippen LogP contribution in [0.3, 0.4) is 0 Å². The number of aliphatic carboxylic acids is 1. The van der Waals surface area contributed by atoms with Crippen molar-refractivity contribution in [3.63, 3.8) is 0 Å². The second kappa shape index (κ2) is 4.09. The van der Waals surface area contributed by atoms with Gasteiger partial charge in [-0.25, -0.2) is 4.39 Å². The predicted octanol–water partition coefficient (Wildman–Crippen LogP) is 1.31. The fourth-order valence-corrected chi connectivity index (χ4v) is 0.977. The summed E-state index contributed by atoms with van der Waals surface area (Å²) >= 11 is 2.79. The fourth-order valence-electron chi connectivity index (χ4n) is 0.730. The normalized spacial score (nSPS) is 11.2. The molecule has 82 valence electrons. The average Bonchev–Trinajstić information content (AvgIpc) is 2.10. The monoisotopic (exact) mass is 283 g/mol. The van der Waals surface area contributed by atoms with Crippen LogP contribution in [-0.2, 0) is 4.79 Å². The molecule has 0 amide bonds. The summed E-state index contributed by atoms with van der Waals surface area (Å²) in [7, 11) is 0. The first-order valence-electron chi connectivity index (χ1n) is 3.56. The molecule has 0 N–H and O–H groups in total. The Kier molecular flexibility index (Phi) is 3.23. The lowest BCUT2D eigenvalue weighted by atomic mass is 10.3. The van der Waals surface area contributed by atoms with Gasteiger partial charge in [-0.15, -0.1) is 0 Å². The Labute approximate surface area is 90.6 Å². The van der Waals surface area contributed by atoms with E-state index >= 15 is 0 Å². The number of carbonyl (C=O) groups excluding carboxylic acids is 1. The molecule has 0 aromatic heterocycles. The van der Waals surface area contributed by atoms with E-state index in [4.69, 9.17) is 0 Å². The Bertz CT molecular complexity index is 395. The van der Waals surface area contributed by atoms with Gasteiger partial charge in [0.2, 0.25) is 0 Å². The SMILES string of the molecule is O=C([O-])C(F)(F)Oc1ccc(Br)c(F)c1. The van der Waals surface area contributed by atoms with Crippen molar-refractivity contribution in [2.24, 2.45) is 0 Å². The minimum atomic E-state index is -4.49. The first kappa shape index (κ1) is 11.8. The van der Waals surface area contributed by atoms with E-state index in [0.717, 1.165) is 12.1 Å². The highest BCUT2D eigenvalue weighted by molar-refractivity contribution is 9.10. The summed E-state index contributed by atoms with van der Waals surface area (Å²) in [6, 6.07) is 2.72. The van der Waals surface area contributed by atoms with Crippen LogP contribution in [0, 0.1) is 5.82 Å². The zero-order valence-corrected chi connectivity index (χ0v) is 8.55. The maximum absolute atomic E-state index is 12.8. The van der Waals surface area contributed by atoms with Gasteiger partial charge < -0.3 is 14.6 Å². The molecule has 0 atom stereocenters. The molecule has 0 radical (unpaired) electrons. The molecule has 0 aliphatic heterocycles. The minimum absolute atomic E-state index is 0.0478. The van der Waals surface area contributed by atoms with Crippen molar-refractivity contribution in [3.8, 4) is 5.75 Å². The van der Waals surface area contributed by atoms with Crippen molar-refractivity contribution in [1.82, 2.24) is 0 Å². The number of carboxylic acids is 1. The summed E-state index contributed by atoms with van der Waals surface area (Å²) in [5.41, 5.74) is 0. The van der Waals surface area contributed by atoms with Crippen molar-refractivity contribution in [2.45, 2.75) is 6.11 Å². The van der Waals surface area contributed by atoms with Crippen LogP contribution in [0.4, 0.5) is 13.2 Å². The molecule has 0 unspecified atom stereocenters. The number of carbonyl (C=O) groups is 1. The molecule has 3 nitrogen and oxygen atoms in total.